The summed E-state index contributed by atoms with van der Waals surface area (Å²) < 4.78 is 39.7. The zero-order chi connectivity index (χ0) is 13.9. The van der Waals surface area contributed by atoms with Gasteiger partial charge in [0.1, 0.15) is 5.82 Å². The third-order valence-corrected chi connectivity index (χ3v) is 4.09. The Morgan fingerprint density at radius 1 is 1.50 bits per heavy atom. The van der Waals surface area contributed by atoms with E-state index in [4.69, 9.17) is 10.8 Å². The Labute approximate surface area is 106 Å². The number of halogens is 1. The number of nitrogen functional groups attached to an aromatic ring is 1. The fourth-order valence-corrected chi connectivity index (χ4v) is 2.80. The normalized spacial score (nSPS) is 13.6. The quantitative estimate of drug-likeness (QED) is 0.687. The van der Waals surface area contributed by atoms with Crippen LogP contribution in [0.2, 0.25) is 0 Å². The van der Waals surface area contributed by atoms with Gasteiger partial charge in [0.05, 0.1) is 4.90 Å². The van der Waals surface area contributed by atoms with Gasteiger partial charge in [0, 0.05) is 24.4 Å². The van der Waals surface area contributed by atoms with Crippen LogP contribution < -0.4 is 10.5 Å². The van der Waals surface area contributed by atoms with Crippen LogP contribution in [-0.2, 0) is 10.0 Å². The Morgan fingerprint density at radius 3 is 2.67 bits per heavy atom. The molecule has 5 nitrogen and oxygen atoms in total. The Bertz CT molecular complexity index is 531. The van der Waals surface area contributed by atoms with Gasteiger partial charge in [0.15, 0.2) is 0 Å². The van der Waals surface area contributed by atoms with Crippen LogP contribution in [0, 0.1) is 18.7 Å². The summed E-state index contributed by atoms with van der Waals surface area (Å²) >= 11 is 0. The fraction of sp³-hybridized carbons (Fsp3) is 0.455. The third kappa shape index (κ3) is 3.41. The molecule has 0 heterocycles. The molecule has 0 fully saturated rings. The van der Waals surface area contributed by atoms with Gasteiger partial charge in [0.2, 0.25) is 10.0 Å². The molecule has 0 saturated carbocycles. The first-order valence-corrected chi connectivity index (χ1v) is 6.92. The summed E-state index contributed by atoms with van der Waals surface area (Å²) in [5, 5.41) is 8.83. The molecule has 0 aromatic heterocycles. The first-order valence-electron chi connectivity index (χ1n) is 5.44. The summed E-state index contributed by atoms with van der Waals surface area (Å²) in [5.74, 6) is -0.878. The van der Waals surface area contributed by atoms with Gasteiger partial charge < -0.3 is 10.8 Å². The maximum absolute atomic E-state index is 13.4. The van der Waals surface area contributed by atoms with Crippen molar-refractivity contribution in [2.24, 2.45) is 5.92 Å². The molecule has 1 aromatic carbocycles. The topological polar surface area (TPSA) is 92.4 Å². The van der Waals surface area contributed by atoms with Gasteiger partial charge in [-0.05, 0) is 25.0 Å². The maximum atomic E-state index is 13.4. The lowest BCUT2D eigenvalue weighted by atomic mass is 10.2. The van der Waals surface area contributed by atoms with E-state index in [1.165, 1.54) is 13.0 Å². The summed E-state index contributed by atoms with van der Waals surface area (Å²) in [5.41, 5.74) is 5.51. The highest BCUT2D eigenvalue weighted by molar-refractivity contribution is 7.89. The molecular formula is C11H17FN2O3S. The standard InChI is InChI=1S/C11H17FN2O3S/c1-7(6-15)5-14-18(16,17)11-4-9(13)3-10(12)8(11)2/h3-4,7,14-15H,5-6,13H2,1-2H3. The predicted octanol–water partition coefficient (Wildman–Crippen LogP) is 0.623. The maximum Gasteiger partial charge on any atom is 0.241 e. The van der Waals surface area contributed by atoms with Crippen LogP contribution >= 0.6 is 0 Å². The number of rotatable bonds is 5. The van der Waals surface area contributed by atoms with Gasteiger partial charge in [-0.3, -0.25) is 0 Å². The molecule has 102 valence electrons. The molecule has 0 radical (unpaired) electrons. The lowest BCUT2D eigenvalue weighted by Gasteiger charge is -2.13. The number of hydrogen-bond donors (Lipinski definition) is 3. The lowest BCUT2D eigenvalue weighted by Crippen LogP contribution is -2.30. The Balaban J connectivity index is 3.05. The molecule has 7 heteroatoms. The van der Waals surface area contributed by atoms with Crippen LogP contribution in [0.25, 0.3) is 0 Å². The molecule has 0 aliphatic carbocycles. The van der Waals surface area contributed by atoms with Gasteiger partial charge in [0.25, 0.3) is 0 Å². The molecule has 1 unspecified atom stereocenters. The second-order valence-electron chi connectivity index (χ2n) is 4.27. The van der Waals surface area contributed by atoms with Crippen molar-refractivity contribution >= 4 is 15.7 Å². The molecule has 4 N–H and O–H groups in total. The Morgan fingerprint density at radius 2 is 2.11 bits per heavy atom. The lowest BCUT2D eigenvalue weighted by molar-refractivity contribution is 0.238. The third-order valence-electron chi connectivity index (χ3n) is 2.54. The van der Waals surface area contributed by atoms with Crippen molar-refractivity contribution in [1.29, 1.82) is 0 Å². The zero-order valence-electron chi connectivity index (χ0n) is 10.3. The number of benzene rings is 1. The summed E-state index contributed by atoms with van der Waals surface area (Å²) in [6.07, 6.45) is 0. The molecule has 0 bridgehead atoms. The number of aliphatic hydroxyl groups is 1. The van der Waals surface area contributed by atoms with Crippen LogP contribution in [0.15, 0.2) is 17.0 Å². The molecule has 0 amide bonds. The molecule has 0 aliphatic rings. The highest BCUT2D eigenvalue weighted by atomic mass is 32.2. The minimum absolute atomic E-state index is 0.0216. The molecule has 18 heavy (non-hydrogen) atoms. The summed E-state index contributed by atoms with van der Waals surface area (Å²) in [6.45, 7) is 3.01. The number of aliphatic hydroxyl groups excluding tert-OH is 1. The largest absolute Gasteiger partial charge is 0.399 e. The number of sulfonamides is 1. The highest BCUT2D eigenvalue weighted by Crippen LogP contribution is 2.21. The van der Waals surface area contributed by atoms with Crippen LogP contribution in [0.4, 0.5) is 10.1 Å². The van der Waals surface area contributed by atoms with Crippen molar-refractivity contribution in [3.05, 3.63) is 23.5 Å². The number of anilines is 1. The monoisotopic (exact) mass is 276 g/mol. The molecule has 1 atom stereocenters. The first kappa shape index (κ1) is 14.9. The van der Waals surface area contributed by atoms with Crippen LogP contribution in [-0.4, -0.2) is 26.7 Å². The smallest absolute Gasteiger partial charge is 0.241 e. The van der Waals surface area contributed by atoms with Gasteiger partial charge >= 0.3 is 0 Å². The average Bonchev–Trinajstić information content (AvgIpc) is 2.30. The molecule has 1 rings (SSSR count). The predicted molar refractivity (Wildman–Crippen MR) is 67.0 cm³/mol. The van der Waals surface area contributed by atoms with Crippen molar-refractivity contribution in [3.8, 4) is 0 Å². The van der Waals surface area contributed by atoms with Gasteiger partial charge in [-0.2, -0.15) is 0 Å². The van der Waals surface area contributed by atoms with Gasteiger partial charge in [-0.25, -0.2) is 17.5 Å². The van der Waals surface area contributed by atoms with E-state index in [9.17, 15) is 12.8 Å². The molecule has 0 spiro atoms. The van der Waals surface area contributed by atoms with E-state index in [1.54, 1.807) is 6.92 Å². The minimum Gasteiger partial charge on any atom is -0.399 e. The van der Waals surface area contributed by atoms with E-state index in [1.807, 2.05) is 0 Å². The molecule has 0 saturated heterocycles. The number of nitrogens with two attached hydrogens (primary N) is 1. The van der Waals surface area contributed by atoms with Crippen LogP contribution in [0.1, 0.15) is 12.5 Å². The SMILES string of the molecule is Cc1c(F)cc(N)cc1S(=O)(=O)NCC(C)CO. The molecular weight excluding hydrogens is 259 g/mol. The minimum atomic E-state index is -3.82. The van der Waals surface area contributed by atoms with E-state index < -0.39 is 15.8 Å². The second-order valence-corrected chi connectivity index (χ2v) is 6.00. The van der Waals surface area contributed by atoms with E-state index in [0.717, 1.165) is 6.07 Å². The molecule has 0 aliphatic heterocycles. The summed E-state index contributed by atoms with van der Waals surface area (Å²) in [6, 6.07) is 2.29. The van der Waals surface area contributed by atoms with E-state index in [2.05, 4.69) is 4.72 Å². The number of nitrogens with one attached hydrogen (secondary N) is 1. The summed E-state index contributed by atoms with van der Waals surface area (Å²) in [7, 11) is -3.82. The van der Waals surface area contributed by atoms with E-state index in [-0.39, 0.29) is 35.2 Å². The van der Waals surface area contributed by atoms with Crippen LogP contribution in [0.5, 0.6) is 0 Å². The van der Waals surface area contributed by atoms with Crippen molar-refractivity contribution in [2.75, 3.05) is 18.9 Å². The Kier molecular flexibility index (Phi) is 4.66. The van der Waals surface area contributed by atoms with E-state index >= 15 is 0 Å². The van der Waals surface area contributed by atoms with Crippen molar-refractivity contribution in [1.82, 2.24) is 4.72 Å². The van der Waals surface area contributed by atoms with Crippen molar-refractivity contribution in [2.45, 2.75) is 18.7 Å². The second kappa shape index (κ2) is 5.64. The van der Waals surface area contributed by atoms with Crippen molar-refractivity contribution in [3.63, 3.8) is 0 Å². The van der Waals surface area contributed by atoms with Crippen molar-refractivity contribution < 1.29 is 17.9 Å². The average molecular weight is 276 g/mol. The molecule has 1 aromatic rings. The van der Waals surface area contributed by atoms with Crippen LogP contribution in [0.3, 0.4) is 0 Å². The zero-order valence-corrected chi connectivity index (χ0v) is 11.1. The van der Waals surface area contributed by atoms with Gasteiger partial charge in [-0.1, -0.05) is 6.92 Å². The Hall–Kier alpha value is -1.18. The first-order chi connectivity index (χ1) is 8.27. The fourth-order valence-electron chi connectivity index (χ4n) is 1.35. The summed E-state index contributed by atoms with van der Waals surface area (Å²) in [4.78, 5) is -0.176. The van der Waals surface area contributed by atoms with Gasteiger partial charge in [-0.15, -0.1) is 0 Å². The van der Waals surface area contributed by atoms with E-state index in [0.29, 0.717) is 0 Å². The number of hydrogen-bond acceptors (Lipinski definition) is 4. The highest BCUT2D eigenvalue weighted by Gasteiger charge is 2.20.